The van der Waals surface area contributed by atoms with E-state index < -0.39 is 10.9 Å². The molecule has 0 aliphatic carbocycles. The normalized spacial score (nSPS) is 10.1. The smallest absolute Gasteiger partial charge is 0.335 e. The molecule has 2 rings (SSSR count). The SMILES string of the molecule is O=C(O)c1ccc(OCn2cc([N+](=O)[O-])cn2)cc1. The Hall–Kier alpha value is -2.90. The summed E-state index contributed by atoms with van der Waals surface area (Å²) in [4.78, 5) is 20.5. The quantitative estimate of drug-likeness (QED) is 0.647. The summed E-state index contributed by atoms with van der Waals surface area (Å²) in [5, 5.41) is 22.9. The maximum atomic E-state index is 10.6. The minimum atomic E-state index is -1.02. The molecule has 0 unspecified atom stereocenters. The van der Waals surface area contributed by atoms with Gasteiger partial charge < -0.3 is 9.84 Å². The second-order valence-electron chi connectivity index (χ2n) is 3.60. The lowest BCUT2D eigenvalue weighted by molar-refractivity contribution is -0.385. The zero-order valence-electron chi connectivity index (χ0n) is 9.59. The molecule has 0 spiro atoms. The molecule has 8 heteroatoms. The fraction of sp³-hybridized carbons (Fsp3) is 0.0909. The molecule has 0 aliphatic rings. The molecule has 0 atom stereocenters. The molecule has 2 aromatic rings. The summed E-state index contributed by atoms with van der Waals surface area (Å²) < 4.78 is 6.57. The van der Waals surface area contributed by atoms with E-state index in [9.17, 15) is 14.9 Å². The van der Waals surface area contributed by atoms with Gasteiger partial charge in [0.15, 0.2) is 6.73 Å². The van der Waals surface area contributed by atoms with Crippen LogP contribution in [0.4, 0.5) is 5.69 Å². The number of carboxylic acid groups (broad SMARTS) is 1. The van der Waals surface area contributed by atoms with Crippen LogP contribution >= 0.6 is 0 Å². The summed E-state index contributed by atoms with van der Waals surface area (Å²) in [6.07, 6.45) is 2.36. The first-order chi connectivity index (χ1) is 9.06. The van der Waals surface area contributed by atoms with E-state index in [2.05, 4.69) is 5.10 Å². The van der Waals surface area contributed by atoms with E-state index in [1.54, 1.807) is 0 Å². The number of rotatable bonds is 5. The van der Waals surface area contributed by atoms with Gasteiger partial charge in [-0.05, 0) is 24.3 Å². The molecule has 0 fully saturated rings. The Balaban J connectivity index is 1.97. The van der Waals surface area contributed by atoms with Gasteiger partial charge in [0.2, 0.25) is 0 Å². The standard InChI is InChI=1S/C11H9N3O5/c15-11(16)8-1-3-10(4-2-8)19-7-13-6-9(5-12-13)14(17)18/h1-6H,7H2,(H,15,16). The van der Waals surface area contributed by atoms with Gasteiger partial charge in [0.05, 0.1) is 10.5 Å². The van der Waals surface area contributed by atoms with Crippen LogP contribution in [0.25, 0.3) is 0 Å². The summed E-state index contributed by atoms with van der Waals surface area (Å²) in [6.45, 7) is 0.000256. The zero-order chi connectivity index (χ0) is 13.8. The molecule has 0 saturated carbocycles. The van der Waals surface area contributed by atoms with Crippen LogP contribution in [-0.4, -0.2) is 25.8 Å². The van der Waals surface area contributed by atoms with Crippen LogP contribution in [0.5, 0.6) is 5.75 Å². The molecule has 0 saturated heterocycles. The Kier molecular flexibility index (Phi) is 3.42. The van der Waals surface area contributed by atoms with Crippen molar-refractivity contribution in [2.24, 2.45) is 0 Å². The van der Waals surface area contributed by atoms with E-state index in [0.29, 0.717) is 5.75 Å². The molecule has 0 bridgehead atoms. The summed E-state index contributed by atoms with van der Waals surface area (Å²) >= 11 is 0. The molecule has 0 amide bonds. The lowest BCUT2D eigenvalue weighted by Gasteiger charge is -2.05. The third kappa shape index (κ3) is 3.06. The Labute approximate surface area is 107 Å². The summed E-state index contributed by atoms with van der Waals surface area (Å²) in [6, 6.07) is 5.81. The number of carboxylic acids is 1. The number of nitro groups is 1. The highest BCUT2D eigenvalue weighted by atomic mass is 16.6. The van der Waals surface area contributed by atoms with Crippen LogP contribution in [0.2, 0.25) is 0 Å². The van der Waals surface area contributed by atoms with Gasteiger partial charge in [0, 0.05) is 0 Å². The molecule has 0 radical (unpaired) electrons. The van der Waals surface area contributed by atoms with E-state index in [-0.39, 0.29) is 18.0 Å². The van der Waals surface area contributed by atoms with Gasteiger partial charge in [0.25, 0.3) is 0 Å². The molecule has 98 valence electrons. The van der Waals surface area contributed by atoms with Crippen LogP contribution in [0.3, 0.4) is 0 Å². The van der Waals surface area contributed by atoms with Crippen molar-refractivity contribution in [3.05, 3.63) is 52.3 Å². The van der Waals surface area contributed by atoms with E-state index in [4.69, 9.17) is 9.84 Å². The van der Waals surface area contributed by atoms with Crippen molar-refractivity contribution in [1.82, 2.24) is 9.78 Å². The average molecular weight is 263 g/mol. The lowest BCUT2D eigenvalue weighted by Crippen LogP contribution is -2.05. The number of aromatic carboxylic acids is 1. The van der Waals surface area contributed by atoms with Crippen molar-refractivity contribution in [2.75, 3.05) is 0 Å². The molecular formula is C11H9N3O5. The fourth-order valence-electron chi connectivity index (χ4n) is 1.35. The van der Waals surface area contributed by atoms with E-state index >= 15 is 0 Å². The predicted octanol–water partition coefficient (Wildman–Crippen LogP) is 1.53. The minimum absolute atomic E-state index is 0.000256. The highest BCUT2D eigenvalue weighted by Crippen LogP contribution is 2.13. The van der Waals surface area contributed by atoms with Gasteiger partial charge in [-0.15, -0.1) is 0 Å². The summed E-state index contributed by atoms with van der Waals surface area (Å²) in [7, 11) is 0. The van der Waals surface area contributed by atoms with Crippen LogP contribution in [-0.2, 0) is 6.73 Å². The van der Waals surface area contributed by atoms with Crippen molar-refractivity contribution in [2.45, 2.75) is 6.73 Å². The second kappa shape index (κ2) is 5.17. The monoisotopic (exact) mass is 263 g/mol. The van der Waals surface area contributed by atoms with E-state index in [0.717, 1.165) is 6.20 Å². The Morgan fingerprint density at radius 2 is 2.11 bits per heavy atom. The van der Waals surface area contributed by atoms with Gasteiger partial charge in [0.1, 0.15) is 18.1 Å². The Morgan fingerprint density at radius 3 is 2.63 bits per heavy atom. The molecule has 1 aromatic carbocycles. The molecule has 0 aliphatic heterocycles. The predicted molar refractivity (Wildman–Crippen MR) is 62.9 cm³/mol. The lowest BCUT2D eigenvalue weighted by atomic mass is 10.2. The van der Waals surface area contributed by atoms with Crippen molar-refractivity contribution in [1.29, 1.82) is 0 Å². The number of benzene rings is 1. The first kappa shape index (κ1) is 12.6. The van der Waals surface area contributed by atoms with Crippen LogP contribution in [0.15, 0.2) is 36.7 Å². The number of aromatic nitrogens is 2. The molecular weight excluding hydrogens is 254 g/mol. The fourth-order valence-corrected chi connectivity index (χ4v) is 1.35. The number of hydrogen-bond acceptors (Lipinski definition) is 5. The Morgan fingerprint density at radius 1 is 1.42 bits per heavy atom. The van der Waals surface area contributed by atoms with Gasteiger partial charge in [-0.3, -0.25) is 10.1 Å². The molecule has 1 N–H and O–H groups in total. The average Bonchev–Trinajstić information content (AvgIpc) is 2.86. The third-order valence-corrected chi connectivity index (χ3v) is 2.30. The van der Waals surface area contributed by atoms with E-state index in [1.807, 2.05) is 0 Å². The number of ether oxygens (including phenoxy) is 1. The number of nitrogens with zero attached hydrogens (tertiary/aromatic N) is 3. The Bertz CT molecular complexity index is 605. The highest BCUT2D eigenvalue weighted by Gasteiger charge is 2.08. The van der Waals surface area contributed by atoms with Crippen LogP contribution in [0.1, 0.15) is 10.4 Å². The number of carbonyl (C=O) groups is 1. The first-order valence-electron chi connectivity index (χ1n) is 5.19. The number of hydrogen-bond donors (Lipinski definition) is 1. The minimum Gasteiger partial charge on any atom is -0.478 e. The van der Waals surface area contributed by atoms with Crippen molar-refractivity contribution >= 4 is 11.7 Å². The first-order valence-corrected chi connectivity index (χ1v) is 5.19. The largest absolute Gasteiger partial charge is 0.478 e. The zero-order valence-corrected chi connectivity index (χ0v) is 9.59. The molecule has 1 aromatic heterocycles. The van der Waals surface area contributed by atoms with Crippen molar-refractivity contribution in [3.63, 3.8) is 0 Å². The maximum absolute atomic E-state index is 10.6. The van der Waals surface area contributed by atoms with Crippen molar-refractivity contribution < 1.29 is 19.6 Å². The molecule has 8 nitrogen and oxygen atoms in total. The maximum Gasteiger partial charge on any atom is 0.335 e. The van der Waals surface area contributed by atoms with Crippen LogP contribution < -0.4 is 4.74 Å². The summed E-state index contributed by atoms with van der Waals surface area (Å²) in [5.74, 6) is -0.572. The highest BCUT2D eigenvalue weighted by molar-refractivity contribution is 5.87. The second-order valence-corrected chi connectivity index (χ2v) is 3.60. The van der Waals surface area contributed by atoms with Gasteiger partial charge in [-0.25, -0.2) is 9.48 Å². The topological polar surface area (TPSA) is 107 Å². The van der Waals surface area contributed by atoms with Gasteiger partial charge >= 0.3 is 11.7 Å². The van der Waals surface area contributed by atoms with Crippen molar-refractivity contribution in [3.8, 4) is 5.75 Å². The van der Waals surface area contributed by atoms with Crippen LogP contribution in [0, 0.1) is 10.1 Å². The molecule has 1 heterocycles. The van der Waals surface area contributed by atoms with Gasteiger partial charge in [-0.1, -0.05) is 0 Å². The summed E-state index contributed by atoms with van der Waals surface area (Å²) in [5.41, 5.74) is 0.0342. The third-order valence-electron chi connectivity index (χ3n) is 2.30. The van der Waals surface area contributed by atoms with Gasteiger partial charge in [-0.2, -0.15) is 5.10 Å². The van der Waals surface area contributed by atoms with E-state index in [1.165, 1.54) is 35.1 Å². The molecule has 19 heavy (non-hydrogen) atoms.